The van der Waals surface area contributed by atoms with Gasteiger partial charge in [0.25, 0.3) is 0 Å². The Hall–Kier alpha value is -1.30. The second-order valence-corrected chi connectivity index (χ2v) is 7.69. The molecule has 1 unspecified atom stereocenters. The second kappa shape index (κ2) is 6.78. The molecule has 1 N–H and O–H groups in total. The number of amides is 1. The summed E-state index contributed by atoms with van der Waals surface area (Å²) in [5.41, 5.74) is 0.229. The Morgan fingerprint density at radius 3 is 2.60 bits per heavy atom. The number of hydrogen-bond acceptors (Lipinski definition) is 3. The van der Waals surface area contributed by atoms with Crippen molar-refractivity contribution >= 4 is 41.6 Å². The van der Waals surface area contributed by atoms with Crippen LogP contribution >= 0.6 is 24.0 Å². The Balaban J connectivity index is 0.00000182. The van der Waals surface area contributed by atoms with E-state index >= 15 is 0 Å². The summed E-state index contributed by atoms with van der Waals surface area (Å²) in [6, 6.07) is 7.11. The van der Waals surface area contributed by atoms with E-state index < -0.39 is 11.4 Å². The summed E-state index contributed by atoms with van der Waals surface area (Å²) in [5, 5.41) is 10.4. The monoisotopic (exact) mass is 384 g/mol. The lowest BCUT2D eigenvalue weighted by Crippen LogP contribution is -2.43. The van der Waals surface area contributed by atoms with Crippen molar-refractivity contribution in [2.45, 2.75) is 31.7 Å². The van der Waals surface area contributed by atoms with Crippen LogP contribution in [0, 0.1) is 11.3 Å². The van der Waals surface area contributed by atoms with Crippen LogP contribution in [0.25, 0.3) is 0 Å². The molecule has 136 valence electrons. The molecule has 0 bridgehead atoms. The molecule has 4 rings (SSSR count). The average Bonchev–Trinajstić information content (AvgIpc) is 3.20. The number of likely N-dealkylation sites (tertiary alicyclic amines) is 1. The van der Waals surface area contributed by atoms with Gasteiger partial charge in [0.1, 0.15) is 0 Å². The molecule has 1 saturated carbocycles. The molecule has 3 aliphatic rings. The summed E-state index contributed by atoms with van der Waals surface area (Å²) in [4.78, 5) is 28.6. The van der Waals surface area contributed by atoms with Gasteiger partial charge in [0.15, 0.2) is 0 Å². The molecule has 25 heavy (non-hydrogen) atoms. The van der Waals surface area contributed by atoms with Crippen LogP contribution in [0.1, 0.15) is 25.7 Å². The Morgan fingerprint density at radius 2 is 1.96 bits per heavy atom. The lowest BCUT2D eigenvalue weighted by Gasteiger charge is -2.26. The Bertz CT molecular complexity index is 681. The second-order valence-electron chi connectivity index (χ2n) is 7.25. The number of carboxylic acids is 1. The highest BCUT2D eigenvalue weighted by Gasteiger charge is 2.57. The van der Waals surface area contributed by atoms with Crippen LogP contribution in [0.3, 0.4) is 0 Å². The predicted molar refractivity (Wildman–Crippen MR) is 98.4 cm³/mol. The van der Waals surface area contributed by atoms with Gasteiger partial charge in [-0.05, 0) is 49.4 Å². The number of benzene rings is 1. The van der Waals surface area contributed by atoms with E-state index in [9.17, 15) is 14.7 Å². The zero-order valence-electron chi connectivity index (χ0n) is 13.9. The molecule has 2 saturated heterocycles. The molecule has 1 amide bonds. The minimum atomic E-state index is -0.687. The number of anilines is 1. The third-order valence-electron chi connectivity index (χ3n) is 6.08. The van der Waals surface area contributed by atoms with E-state index in [-0.39, 0.29) is 30.3 Å². The van der Waals surface area contributed by atoms with Gasteiger partial charge in [0.2, 0.25) is 5.91 Å². The Kier molecular flexibility index (Phi) is 5.02. The zero-order chi connectivity index (χ0) is 16.9. The first-order chi connectivity index (χ1) is 11.5. The normalized spacial score (nSPS) is 31.9. The maximum absolute atomic E-state index is 12.9. The van der Waals surface area contributed by atoms with Crippen molar-refractivity contribution in [3.63, 3.8) is 0 Å². The van der Waals surface area contributed by atoms with Crippen molar-refractivity contribution in [1.82, 2.24) is 4.90 Å². The molecule has 1 aromatic carbocycles. The van der Waals surface area contributed by atoms with E-state index in [1.165, 1.54) is 0 Å². The standard InChI is InChI=1S/C18H21ClN2O3.ClH/c19-13-3-5-14(6-4-13)21-9-7-15(16(21)22)20-10-12-2-1-8-18(12,11-20)17(23)24;/h3-6,12,15H,1-2,7-11H2,(H,23,24);1H/t12-,15?,18+;/m0./s1. The molecule has 0 spiro atoms. The molecular weight excluding hydrogens is 363 g/mol. The minimum Gasteiger partial charge on any atom is -0.481 e. The zero-order valence-corrected chi connectivity index (χ0v) is 15.4. The van der Waals surface area contributed by atoms with Crippen LogP contribution < -0.4 is 4.90 Å². The van der Waals surface area contributed by atoms with Gasteiger partial charge in [-0.15, -0.1) is 12.4 Å². The van der Waals surface area contributed by atoms with E-state index in [1.54, 1.807) is 17.0 Å². The molecule has 1 aromatic rings. The summed E-state index contributed by atoms with van der Waals surface area (Å²) < 4.78 is 0. The number of carboxylic acid groups (broad SMARTS) is 1. The molecule has 2 heterocycles. The largest absolute Gasteiger partial charge is 0.481 e. The lowest BCUT2D eigenvalue weighted by molar-refractivity contribution is -0.149. The van der Waals surface area contributed by atoms with Crippen molar-refractivity contribution in [1.29, 1.82) is 0 Å². The predicted octanol–water partition coefficient (Wildman–Crippen LogP) is 3.05. The van der Waals surface area contributed by atoms with Crippen LogP contribution in [-0.2, 0) is 9.59 Å². The third-order valence-corrected chi connectivity index (χ3v) is 6.33. The molecule has 5 nitrogen and oxygen atoms in total. The van der Waals surface area contributed by atoms with Crippen molar-refractivity contribution in [2.24, 2.45) is 11.3 Å². The fourth-order valence-electron chi connectivity index (χ4n) is 4.80. The number of hydrogen-bond donors (Lipinski definition) is 1. The highest BCUT2D eigenvalue weighted by molar-refractivity contribution is 6.30. The number of carbonyl (C=O) groups is 2. The molecule has 3 fully saturated rings. The smallest absolute Gasteiger partial charge is 0.311 e. The molecule has 0 radical (unpaired) electrons. The van der Waals surface area contributed by atoms with E-state index in [1.807, 2.05) is 12.1 Å². The van der Waals surface area contributed by atoms with Crippen LogP contribution in [0.2, 0.25) is 5.02 Å². The Labute approximate surface area is 158 Å². The van der Waals surface area contributed by atoms with E-state index in [0.717, 1.165) is 37.9 Å². The SMILES string of the molecule is Cl.O=C1C(N2C[C@@H]3CCC[C@@]3(C(=O)O)C2)CCN1c1ccc(Cl)cc1. The summed E-state index contributed by atoms with van der Waals surface area (Å²) in [5.74, 6) is -0.419. The summed E-state index contributed by atoms with van der Waals surface area (Å²) in [7, 11) is 0. The van der Waals surface area contributed by atoms with E-state index in [2.05, 4.69) is 4.90 Å². The number of carbonyl (C=O) groups excluding carboxylic acids is 1. The molecular formula is C18H22Cl2N2O3. The highest BCUT2D eigenvalue weighted by Crippen LogP contribution is 2.50. The quantitative estimate of drug-likeness (QED) is 0.869. The topological polar surface area (TPSA) is 60.9 Å². The van der Waals surface area contributed by atoms with Gasteiger partial charge in [0.05, 0.1) is 11.5 Å². The number of fused-ring (bicyclic) bond motifs is 1. The van der Waals surface area contributed by atoms with Gasteiger partial charge in [-0.3, -0.25) is 14.5 Å². The average molecular weight is 385 g/mol. The third kappa shape index (κ3) is 2.92. The molecule has 0 aromatic heterocycles. The molecule has 7 heteroatoms. The first kappa shape index (κ1) is 18.5. The van der Waals surface area contributed by atoms with Crippen LogP contribution in [0.15, 0.2) is 24.3 Å². The lowest BCUT2D eigenvalue weighted by atomic mass is 9.81. The fourth-order valence-corrected chi connectivity index (χ4v) is 4.92. The number of halogens is 2. The first-order valence-electron chi connectivity index (χ1n) is 8.56. The molecule has 2 aliphatic heterocycles. The van der Waals surface area contributed by atoms with Gasteiger partial charge >= 0.3 is 5.97 Å². The maximum Gasteiger partial charge on any atom is 0.311 e. The molecule has 1 aliphatic carbocycles. The van der Waals surface area contributed by atoms with Crippen molar-refractivity contribution in [3.05, 3.63) is 29.3 Å². The van der Waals surface area contributed by atoms with Crippen LogP contribution in [0.4, 0.5) is 5.69 Å². The number of aliphatic carboxylic acids is 1. The van der Waals surface area contributed by atoms with Gasteiger partial charge < -0.3 is 10.0 Å². The first-order valence-corrected chi connectivity index (χ1v) is 8.93. The van der Waals surface area contributed by atoms with Gasteiger partial charge in [-0.25, -0.2) is 0 Å². The van der Waals surface area contributed by atoms with Crippen molar-refractivity contribution in [2.75, 3.05) is 24.5 Å². The van der Waals surface area contributed by atoms with Crippen molar-refractivity contribution < 1.29 is 14.7 Å². The maximum atomic E-state index is 12.9. The number of nitrogens with zero attached hydrogens (tertiary/aromatic N) is 2. The van der Waals surface area contributed by atoms with E-state index in [4.69, 9.17) is 11.6 Å². The summed E-state index contributed by atoms with van der Waals surface area (Å²) in [6.45, 7) is 1.92. The van der Waals surface area contributed by atoms with Gasteiger partial charge in [-0.1, -0.05) is 18.0 Å². The summed E-state index contributed by atoms with van der Waals surface area (Å²) >= 11 is 5.92. The van der Waals surface area contributed by atoms with Gasteiger partial charge in [-0.2, -0.15) is 0 Å². The highest BCUT2D eigenvalue weighted by atomic mass is 35.5. The fraction of sp³-hybridized carbons (Fsp3) is 0.556. The minimum absolute atomic E-state index is 0. The van der Waals surface area contributed by atoms with Crippen molar-refractivity contribution in [3.8, 4) is 0 Å². The molecule has 3 atom stereocenters. The van der Waals surface area contributed by atoms with Crippen LogP contribution in [-0.4, -0.2) is 47.6 Å². The van der Waals surface area contributed by atoms with Crippen LogP contribution in [0.5, 0.6) is 0 Å². The van der Waals surface area contributed by atoms with E-state index in [0.29, 0.717) is 18.1 Å². The number of rotatable bonds is 3. The van der Waals surface area contributed by atoms with Gasteiger partial charge in [0, 0.05) is 30.3 Å². The summed E-state index contributed by atoms with van der Waals surface area (Å²) in [6.07, 6.45) is 3.44. The Morgan fingerprint density at radius 1 is 1.24 bits per heavy atom.